The Labute approximate surface area is 219 Å². The highest BCUT2D eigenvalue weighted by molar-refractivity contribution is 5.82. The Balaban J connectivity index is 1.21. The minimum absolute atomic E-state index is 0.0136. The monoisotopic (exact) mass is 518 g/mol. The van der Waals surface area contributed by atoms with E-state index in [0.29, 0.717) is 61.1 Å². The molecule has 2 saturated heterocycles. The van der Waals surface area contributed by atoms with Gasteiger partial charge in [-0.2, -0.15) is 4.98 Å². The second-order valence-corrected chi connectivity index (χ2v) is 9.51. The van der Waals surface area contributed by atoms with Crippen LogP contribution in [0, 0.1) is 6.92 Å². The van der Waals surface area contributed by atoms with Crippen LogP contribution in [0.15, 0.2) is 53.3 Å². The normalized spacial score (nSPS) is 17.4. The van der Waals surface area contributed by atoms with E-state index in [1.54, 1.807) is 59.2 Å². The van der Waals surface area contributed by atoms with Gasteiger partial charge in [0, 0.05) is 38.3 Å². The first-order chi connectivity index (χ1) is 18.4. The van der Waals surface area contributed by atoms with Gasteiger partial charge in [0.15, 0.2) is 6.61 Å². The van der Waals surface area contributed by atoms with Crippen molar-refractivity contribution in [2.75, 3.05) is 39.4 Å². The zero-order valence-electron chi connectivity index (χ0n) is 21.2. The van der Waals surface area contributed by atoms with Crippen molar-refractivity contribution in [3.05, 3.63) is 64.6 Å². The summed E-state index contributed by atoms with van der Waals surface area (Å²) in [4.78, 5) is 47.9. The first-order valence-electron chi connectivity index (χ1n) is 12.7. The number of hydrogen-bond donors (Lipinski definition) is 2. The van der Waals surface area contributed by atoms with Crippen LogP contribution in [0.5, 0.6) is 11.5 Å². The molecule has 2 aliphatic rings. The summed E-state index contributed by atoms with van der Waals surface area (Å²) in [5.74, 6) is 0.518. The molecular weight excluding hydrogens is 488 g/mol. The maximum Gasteiger partial charge on any atom is 0.345 e. The smallest absolute Gasteiger partial charge is 0.345 e. The maximum absolute atomic E-state index is 12.8. The van der Waals surface area contributed by atoms with Crippen LogP contribution >= 0.6 is 0 Å². The zero-order valence-corrected chi connectivity index (χ0v) is 21.2. The van der Waals surface area contributed by atoms with Crippen LogP contribution in [0.3, 0.4) is 0 Å². The zero-order chi connectivity index (χ0) is 26.6. The Kier molecular flexibility index (Phi) is 7.41. The van der Waals surface area contributed by atoms with Crippen LogP contribution in [0.4, 0.5) is 0 Å². The summed E-state index contributed by atoms with van der Waals surface area (Å²) in [5.41, 5.74) is 2.63. The number of H-pyrrole nitrogens is 1. The van der Waals surface area contributed by atoms with Crippen molar-refractivity contribution >= 4 is 11.8 Å². The number of hydrogen-bond acceptors (Lipinski definition) is 7. The number of phenolic OH excluding ortho intramolecular Hbond substituents is 1. The van der Waals surface area contributed by atoms with Gasteiger partial charge in [0.1, 0.15) is 17.6 Å². The molecule has 5 rings (SSSR count). The van der Waals surface area contributed by atoms with Crippen LogP contribution in [-0.4, -0.2) is 82.2 Å². The van der Waals surface area contributed by atoms with E-state index in [1.807, 2.05) is 6.07 Å². The number of aromatic hydroxyl groups is 1. The number of aryl methyl sites for hydroxylation is 1. The second-order valence-electron chi connectivity index (χ2n) is 9.51. The predicted molar refractivity (Wildman–Crippen MR) is 140 cm³/mol. The largest absolute Gasteiger partial charge is 0.508 e. The first kappa shape index (κ1) is 25.5. The molecule has 1 aromatic heterocycles. The summed E-state index contributed by atoms with van der Waals surface area (Å²) in [6.45, 7) is 4.15. The van der Waals surface area contributed by atoms with E-state index < -0.39 is 5.69 Å². The standard InChI is InChI=1S/C28H30N4O6/c1-18-14-20(7-8-24(18)33)23-16-22(29-28(36)30-23)19-4-2-5-21(15-19)38-17-26(34)31-9-11-32(12-10-31)27(35)25-6-3-13-37-25/h2,4-5,7-8,14-16,25,33H,3,6,9-13,17H2,1H3,(H,29,30,36). The number of piperazine rings is 1. The highest BCUT2D eigenvalue weighted by Gasteiger charge is 2.31. The van der Waals surface area contributed by atoms with Crippen molar-refractivity contribution in [3.63, 3.8) is 0 Å². The van der Waals surface area contributed by atoms with Crippen LogP contribution in [0.2, 0.25) is 0 Å². The minimum Gasteiger partial charge on any atom is -0.508 e. The van der Waals surface area contributed by atoms with Gasteiger partial charge in [0.2, 0.25) is 0 Å². The highest BCUT2D eigenvalue weighted by Crippen LogP contribution is 2.27. The predicted octanol–water partition coefficient (Wildman–Crippen LogP) is 2.35. The van der Waals surface area contributed by atoms with Gasteiger partial charge >= 0.3 is 5.69 Å². The van der Waals surface area contributed by atoms with Gasteiger partial charge in [0.05, 0.1) is 11.4 Å². The molecule has 38 heavy (non-hydrogen) atoms. The van der Waals surface area contributed by atoms with E-state index in [-0.39, 0.29) is 30.3 Å². The Bertz CT molecular complexity index is 1390. The molecule has 0 aliphatic carbocycles. The molecule has 10 nitrogen and oxygen atoms in total. The fourth-order valence-corrected chi connectivity index (χ4v) is 4.72. The molecule has 2 aromatic carbocycles. The summed E-state index contributed by atoms with van der Waals surface area (Å²) < 4.78 is 11.3. The summed E-state index contributed by atoms with van der Waals surface area (Å²) in [6.07, 6.45) is 1.32. The quantitative estimate of drug-likeness (QED) is 0.513. The van der Waals surface area contributed by atoms with Crippen molar-refractivity contribution in [1.82, 2.24) is 19.8 Å². The number of phenols is 1. The number of aromatic nitrogens is 2. The summed E-state index contributed by atoms with van der Waals surface area (Å²) in [6, 6.07) is 13.9. The molecule has 0 radical (unpaired) electrons. The highest BCUT2D eigenvalue weighted by atomic mass is 16.5. The molecule has 2 aliphatic heterocycles. The Morgan fingerprint density at radius 3 is 2.61 bits per heavy atom. The van der Waals surface area contributed by atoms with E-state index in [4.69, 9.17) is 9.47 Å². The molecule has 1 atom stereocenters. The van der Waals surface area contributed by atoms with Crippen molar-refractivity contribution in [1.29, 1.82) is 0 Å². The lowest BCUT2D eigenvalue weighted by atomic mass is 10.1. The third kappa shape index (κ3) is 5.70. The average molecular weight is 519 g/mol. The number of ether oxygens (including phenoxy) is 2. The van der Waals surface area contributed by atoms with Crippen molar-refractivity contribution < 1.29 is 24.2 Å². The SMILES string of the molecule is Cc1cc(-c2cc(-c3cccc(OCC(=O)N4CCN(C(=O)C5CCCO5)CC4)c3)nc(=O)[nH]2)ccc1O. The summed E-state index contributed by atoms with van der Waals surface area (Å²) in [5, 5.41) is 9.81. The van der Waals surface area contributed by atoms with Gasteiger partial charge < -0.3 is 29.4 Å². The Morgan fingerprint density at radius 2 is 1.87 bits per heavy atom. The third-order valence-electron chi connectivity index (χ3n) is 6.89. The van der Waals surface area contributed by atoms with E-state index in [0.717, 1.165) is 18.4 Å². The fourth-order valence-electron chi connectivity index (χ4n) is 4.72. The molecule has 3 heterocycles. The van der Waals surface area contributed by atoms with E-state index in [2.05, 4.69) is 9.97 Å². The van der Waals surface area contributed by atoms with Gasteiger partial charge in [-0.05, 0) is 67.3 Å². The number of nitrogens with one attached hydrogen (secondary N) is 1. The van der Waals surface area contributed by atoms with Gasteiger partial charge in [-0.15, -0.1) is 0 Å². The number of carbonyl (C=O) groups excluding carboxylic acids is 2. The molecule has 0 saturated carbocycles. The fraction of sp³-hybridized carbons (Fsp3) is 0.357. The van der Waals surface area contributed by atoms with E-state index in [1.165, 1.54) is 0 Å². The molecule has 0 spiro atoms. The van der Waals surface area contributed by atoms with Crippen LogP contribution in [0.25, 0.3) is 22.5 Å². The number of nitrogens with zero attached hydrogens (tertiary/aromatic N) is 3. The molecule has 2 N–H and O–H groups in total. The maximum atomic E-state index is 12.8. The second kappa shape index (κ2) is 11.1. The van der Waals surface area contributed by atoms with Gasteiger partial charge in [0.25, 0.3) is 11.8 Å². The Morgan fingerprint density at radius 1 is 1.08 bits per heavy atom. The van der Waals surface area contributed by atoms with Gasteiger partial charge in [-0.3, -0.25) is 9.59 Å². The van der Waals surface area contributed by atoms with Gasteiger partial charge in [-0.25, -0.2) is 4.79 Å². The first-order valence-corrected chi connectivity index (χ1v) is 12.7. The van der Waals surface area contributed by atoms with Crippen molar-refractivity contribution in [3.8, 4) is 34.0 Å². The topological polar surface area (TPSA) is 125 Å². The number of benzene rings is 2. The van der Waals surface area contributed by atoms with Crippen LogP contribution in [0.1, 0.15) is 18.4 Å². The minimum atomic E-state index is -0.498. The number of amides is 2. The van der Waals surface area contributed by atoms with Crippen LogP contribution < -0.4 is 10.4 Å². The lowest BCUT2D eigenvalue weighted by molar-refractivity contribution is -0.146. The van der Waals surface area contributed by atoms with E-state index in [9.17, 15) is 19.5 Å². The van der Waals surface area contributed by atoms with Gasteiger partial charge in [-0.1, -0.05) is 12.1 Å². The van der Waals surface area contributed by atoms with E-state index >= 15 is 0 Å². The number of carbonyl (C=O) groups is 2. The molecule has 198 valence electrons. The lowest BCUT2D eigenvalue weighted by Gasteiger charge is -2.35. The van der Waals surface area contributed by atoms with Crippen LogP contribution in [-0.2, 0) is 14.3 Å². The molecule has 0 bridgehead atoms. The number of rotatable bonds is 6. The Hall–Kier alpha value is -4.18. The molecule has 1 unspecified atom stereocenters. The average Bonchev–Trinajstić information content (AvgIpc) is 3.48. The molecule has 2 amide bonds. The summed E-state index contributed by atoms with van der Waals surface area (Å²) >= 11 is 0. The molecule has 3 aromatic rings. The third-order valence-corrected chi connectivity index (χ3v) is 6.89. The van der Waals surface area contributed by atoms with Crippen molar-refractivity contribution in [2.24, 2.45) is 0 Å². The summed E-state index contributed by atoms with van der Waals surface area (Å²) in [7, 11) is 0. The molecule has 10 heteroatoms. The lowest BCUT2D eigenvalue weighted by Crippen LogP contribution is -2.53. The van der Waals surface area contributed by atoms with Crippen molar-refractivity contribution in [2.45, 2.75) is 25.9 Å². The number of aromatic amines is 1. The molecular formula is C28H30N4O6. The molecule has 2 fully saturated rings.